The Morgan fingerprint density at radius 3 is 2.60 bits per heavy atom. The molecule has 0 spiro atoms. The predicted molar refractivity (Wildman–Crippen MR) is 137 cm³/mol. The third-order valence-electron chi connectivity index (χ3n) is 4.76. The number of pyridine rings is 1. The number of ether oxygens (including phenoxy) is 1. The first-order chi connectivity index (χ1) is 16.7. The molecular formula is C23H19FN4O4S3. The van der Waals surface area contributed by atoms with Crippen LogP contribution in [0.4, 0.5) is 10.1 Å². The number of rotatable bonds is 7. The summed E-state index contributed by atoms with van der Waals surface area (Å²) in [6.07, 6.45) is 1.61. The number of benzene rings is 2. The summed E-state index contributed by atoms with van der Waals surface area (Å²) in [4.78, 5) is 16.3. The first-order valence-electron chi connectivity index (χ1n) is 10.2. The van der Waals surface area contributed by atoms with Gasteiger partial charge >= 0.3 is 0 Å². The van der Waals surface area contributed by atoms with Gasteiger partial charge in [-0.1, -0.05) is 30.3 Å². The fourth-order valence-electron chi connectivity index (χ4n) is 3.10. The Labute approximate surface area is 210 Å². The molecule has 2 aromatic carbocycles. The van der Waals surface area contributed by atoms with Crippen LogP contribution in [0.5, 0.6) is 11.5 Å². The zero-order chi connectivity index (χ0) is 25.0. The largest absolute Gasteiger partial charge is 0.453 e. The summed E-state index contributed by atoms with van der Waals surface area (Å²) in [6, 6.07) is 16.3. The Hall–Kier alpha value is -3.45. The van der Waals surface area contributed by atoms with E-state index in [4.69, 9.17) is 17.0 Å². The number of anilines is 1. The molecule has 0 aliphatic rings. The number of thiophene rings is 1. The number of amides is 1. The number of thiocarbonyl (C=S) groups is 1. The molecule has 0 unspecified atom stereocenters. The van der Waals surface area contributed by atoms with Crippen LogP contribution >= 0.6 is 23.6 Å². The number of aromatic nitrogens is 1. The quantitative estimate of drug-likeness (QED) is 0.308. The minimum absolute atomic E-state index is 0.0340. The molecule has 0 fully saturated rings. The first kappa shape index (κ1) is 24.7. The highest BCUT2D eigenvalue weighted by atomic mass is 32.2. The van der Waals surface area contributed by atoms with Crippen molar-refractivity contribution in [2.75, 3.05) is 12.4 Å². The van der Waals surface area contributed by atoms with E-state index in [0.29, 0.717) is 15.9 Å². The average Bonchev–Trinajstić information content (AvgIpc) is 3.28. The van der Waals surface area contributed by atoms with E-state index in [-0.39, 0.29) is 33.1 Å². The van der Waals surface area contributed by atoms with Gasteiger partial charge in [0.05, 0.1) is 16.6 Å². The van der Waals surface area contributed by atoms with Gasteiger partial charge in [0.2, 0.25) is 15.9 Å². The number of halogens is 1. The van der Waals surface area contributed by atoms with Gasteiger partial charge < -0.3 is 15.4 Å². The molecule has 0 bridgehead atoms. The summed E-state index contributed by atoms with van der Waals surface area (Å²) in [7, 11) is -2.34. The molecule has 0 aliphatic carbocycles. The summed E-state index contributed by atoms with van der Waals surface area (Å²) in [5.74, 6) is -0.793. The van der Waals surface area contributed by atoms with Gasteiger partial charge in [-0.2, -0.15) is 0 Å². The van der Waals surface area contributed by atoms with Gasteiger partial charge in [-0.25, -0.2) is 17.5 Å². The maximum atomic E-state index is 14.8. The molecule has 0 aliphatic heterocycles. The maximum Gasteiger partial charge on any atom is 0.249 e. The summed E-state index contributed by atoms with van der Waals surface area (Å²) in [5.41, 5.74) is 1.57. The topological polar surface area (TPSA) is 109 Å². The monoisotopic (exact) mass is 530 g/mol. The van der Waals surface area contributed by atoms with Crippen molar-refractivity contribution in [3.8, 4) is 11.5 Å². The highest BCUT2D eigenvalue weighted by molar-refractivity contribution is 7.91. The Kier molecular flexibility index (Phi) is 7.36. The highest BCUT2D eigenvalue weighted by Crippen LogP contribution is 2.37. The number of hydrogen-bond acceptors (Lipinski definition) is 7. The Balaban J connectivity index is 1.44. The first-order valence-corrected chi connectivity index (χ1v) is 12.9. The van der Waals surface area contributed by atoms with Crippen molar-refractivity contribution < 1.29 is 22.3 Å². The highest BCUT2D eigenvalue weighted by Gasteiger charge is 2.19. The molecule has 0 saturated heterocycles. The number of nitrogens with zero attached hydrogens (tertiary/aromatic N) is 1. The standard InChI is InChI=1S/C23H19FN4O4S3/c1-25-35(30,31)21-13-17-22(34-21)19(9-10-26-17)32-18-8-7-15(12-16(18)24)27-23(33)28-20(29)11-14-5-3-2-4-6-14/h2-10,12-13,25H,11H2,1H3,(H2,27,28,29,33). The molecule has 2 aromatic heterocycles. The second-order valence-electron chi connectivity index (χ2n) is 7.21. The summed E-state index contributed by atoms with van der Waals surface area (Å²) in [5, 5.41) is 5.36. The molecule has 12 heteroatoms. The molecule has 0 saturated carbocycles. The van der Waals surface area contributed by atoms with Crippen LogP contribution in [0.3, 0.4) is 0 Å². The van der Waals surface area contributed by atoms with Crippen LogP contribution in [0, 0.1) is 5.82 Å². The number of carbonyl (C=O) groups excluding carboxylic acids is 1. The zero-order valence-electron chi connectivity index (χ0n) is 18.2. The predicted octanol–water partition coefficient (Wildman–Crippen LogP) is 4.19. The van der Waals surface area contributed by atoms with Crippen molar-refractivity contribution >= 4 is 60.5 Å². The molecule has 0 atom stereocenters. The molecule has 1 amide bonds. The van der Waals surface area contributed by atoms with Gasteiger partial charge in [-0.3, -0.25) is 9.78 Å². The molecule has 4 rings (SSSR count). The molecule has 35 heavy (non-hydrogen) atoms. The van der Waals surface area contributed by atoms with Crippen LogP contribution in [0.25, 0.3) is 10.2 Å². The van der Waals surface area contributed by atoms with Crippen LogP contribution in [-0.2, 0) is 21.2 Å². The third-order valence-corrected chi connectivity index (χ3v) is 7.99. The van der Waals surface area contributed by atoms with Gasteiger partial charge in [0.1, 0.15) is 9.96 Å². The number of sulfonamides is 1. The summed E-state index contributed by atoms with van der Waals surface area (Å²) >= 11 is 6.12. The van der Waals surface area contributed by atoms with Crippen molar-refractivity contribution in [2.45, 2.75) is 10.6 Å². The van der Waals surface area contributed by atoms with E-state index in [0.717, 1.165) is 16.9 Å². The van der Waals surface area contributed by atoms with Gasteiger partial charge in [-0.05, 0) is 43.0 Å². The van der Waals surface area contributed by atoms with E-state index in [1.807, 2.05) is 30.3 Å². The number of hydrogen-bond donors (Lipinski definition) is 3. The van der Waals surface area contributed by atoms with E-state index in [9.17, 15) is 17.6 Å². The fraction of sp³-hybridized carbons (Fsp3) is 0.0870. The minimum atomic E-state index is -3.65. The Morgan fingerprint density at radius 2 is 1.89 bits per heavy atom. The van der Waals surface area contributed by atoms with Crippen molar-refractivity contribution in [3.05, 3.63) is 78.2 Å². The second-order valence-corrected chi connectivity index (χ2v) is 10.8. The van der Waals surface area contributed by atoms with E-state index in [2.05, 4.69) is 20.3 Å². The molecular weight excluding hydrogens is 511 g/mol. The molecule has 0 radical (unpaired) electrons. The van der Waals surface area contributed by atoms with Crippen LogP contribution in [-0.4, -0.2) is 31.5 Å². The zero-order valence-corrected chi connectivity index (χ0v) is 20.7. The maximum absolute atomic E-state index is 14.8. The lowest BCUT2D eigenvalue weighted by Gasteiger charge is -2.12. The van der Waals surface area contributed by atoms with E-state index >= 15 is 0 Å². The molecule has 180 valence electrons. The smallest absolute Gasteiger partial charge is 0.249 e. The Bertz CT molecular complexity index is 1510. The van der Waals surface area contributed by atoms with E-state index < -0.39 is 15.8 Å². The third kappa shape index (κ3) is 5.98. The van der Waals surface area contributed by atoms with Crippen LogP contribution < -0.4 is 20.1 Å². The van der Waals surface area contributed by atoms with Crippen molar-refractivity contribution in [1.82, 2.24) is 15.0 Å². The van der Waals surface area contributed by atoms with E-state index in [1.54, 1.807) is 0 Å². The molecule has 2 heterocycles. The van der Waals surface area contributed by atoms with Crippen LogP contribution in [0.15, 0.2) is 71.1 Å². The van der Waals surface area contributed by atoms with Crippen molar-refractivity contribution in [1.29, 1.82) is 0 Å². The average molecular weight is 531 g/mol. The summed E-state index contributed by atoms with van der Waals surface area (Å²) in [6.45, 7) is 0. The van der Waals surface area contributed by atoms with Gasteiger partial charge in [0, 0.05) is 24.0 Å². The molecule has 3 N–H and O–H groups in total. The SMILES string of the molecule is CNS(=O)(=O)c1cc2nccc(Oc3ccc(NC(=S)NC(=O)Cc4ccccc4)cc3F)c2s1. The number of nitrogens with one attached hydrogen (secondary N) is 3. The van der Waals surface area contributed by atoms with Crippen molar-refractivity contribution in [2.24, 2.45) is 0 Å². The lowest BCUT2D eigenvalue weighted by atomic mass is 10.1. The lowest BCUT2D eigenvalue weighted by Crippen LogP contribution is -2.35. The van der Waals surface area contributed by atoms with Crippen molar-refractivity contribution in [3.63, 3.8) is 0 Å². The van der Waals surface area contributed by atoms with Gasteiger partial charge in [0.25, 0.3) is 0 Å². The van der Waals surface area contributed by atoms with Crippen LogP contribution in [0.1, 0.15) is 5.56 Å². The van der Waals surface area contributed by atoms with E-state index in [1.165, 1.54) is 43.6 Å². The summed E-state index contributed by atoms with van der Waals surface area (Å²) < 4.78 is 47.5. The Morgan fingerprint density at radius 1 is 1.11 bits per heavy atom. The second kappa shape index (κ2) is 10.4. The van der Waals surface area contributed by atoms with Crippen LogP contribution in [0.2, 0.25) is 0 Å². The van der Waals surface area contributed by atoms with Gasteiger partial charge in [-0.15, -0.1) is 11.3 Å². The minimum Gasteiger partial charge on any atom is -0.453 e. The van der Waals surface area contributed by atoms with Gasteiger partial charge in [0.15, 0.2) is 16.7 Å². The number of carbonyl (C=O) groups is 1. The number of fused-ring (bicyclic) bond motifs is 1. The lowest BCUT2D eigenvalue weighted by molar-refractivity contribution is -0.119. The molecule has 8 nitrogen and oxygen atoms in total. The normalized spacial score (nSPS) is 11.3. The molecule has 4 aromatic rings. The fourth-order valence-corrected chi connectivity index (χ4v) is 5.54.